The Morgan fingerprint density at radius 2 is 1.86 bits per heavy atom. The summed E-state index contributed by atoms with van der Waals surface area (Å²) < 4.78 is 6.13. The van der Waals surface area contributed by atoms with Gasteiger partial charge in [-0.3, -0.25) is 0 Å². The lowest BCUT2D eigenvalue weighted by molar-refractivity contribution is 0.206. The van der Waals surface area contributed by atoms with Gasteiger partial charge in [0, 0.05) is 12.1 Å². The van der Waals surface area contributed by atoms with E-state index in [4.69, 9.17) is 14.7 Å². The SMILES string of the molecule is c1ccc2c(c1)CC1OC(c3ccc4c(n3)CCCC4)=NC21. The zero-order chi connectivity index (χ0) is 14.5. The highest BCUT2D eigenvalue weighted by molar-refractivity contribution is 5.94. The second-order valence-electron chi connectivity index (χ2n) is 6.45. The standard InChI is InChI=1S/C19H18N2O/c1-3-7-14-13(6-1)11-17-18(14)21-19(22-17)16-10-9-12-5-2-4-8-15(12)20-16/h1,3,6-7,9-10,17-18H,2,4-5,8,11H2. The van der Waals surface area contributed by atoms with Gasteiger partial charge in [-0.1, -0.05) is 30.3 Å². The molecule has 5 rings (SSSR count). The fraction of sp³-hybridized carbons (Fsp3) is 0.368. The van der Waals surface area contributed by atoms with Crippen molar-refractivity contribution in [2.24, 2.45) is 4.99 Å². The number of hydrogen-bond donors (Lipinski definition) is 0. The van der Waals surface area contributed by atoms with Crippen LogP contribution in [0.25, 0.3) is 0 Å². The third-order valence-corrected chi connectivity index (χ3v) is 5.06. The van der Waals surface area contributed by atoms with Crippen molar-refractivity contribution < 1.29 is 4.74 Å². The van der Waals surface area contributed by atoms with Crippen molar-refractivity contribution in [1.29, 1.82) is 0 Å². The van der Waals surface area contributed by atoms with E-state index in [-0.39, 0.29) is 12.1 Å². The molecule has 3 aliphatic rings. The number of aliphatic imine (C=N–C) groups is 1. The first kappa shape index (κ1) is 12.4. The summed E-state index contributed by atoms with van der Waals surface area (Å²) in [7, 11) is 0. The third kappa shape index (κ3) is 1.81. The van der Waals surface area contributed by atoms with Gasteiger partial charge in [-0.05, 0) is 48.4 Å². The minimum Gasteiger partial charge on any atom is -0.470 e. The van der Waals surface area contributed by atoms with Gasteiger partial charge in [0.25, 0.3) is 0 Å². The molecule has 2 heterocycles. The number of fused-ring (bicyclic) bond motifs is 4. The highest BCUT2D eigenvalue weighted by Crippen LogP contribution is 2.40. The first-order valence-corrected chi connectivity index (χ1v) is 8.20. The van der Waals surface area contributed by atoms with Gasteiger partial charge in [0.2, 0.25) is 5.90 Å². The van der Waals surface area contributed by atoms with E-state index >= 15 is 0 Å². The van der Waals surface area contributed by atoms with E-state index in [1.54, 1.807) is 0 Å². The van der Waals surface area contributed by atoms with Crippen molar-refractivity contribution in [3.8, 4) is 0 Å². The van der Waals surface area contributed by atoms with Crippen LogP contribution >= 0.6 is 0 Å². The molecule has 1 aromatic heterocycles. The van der Waals surface area contributed by atoms with E-state index in [0.29, 0.717) is 0 Å². The molecule has 2 atom stereocenters. The van der Waals surface area contributed by atoms with Crippen LogP contribution in [0.15, 0.2) is 41.4 Å². The molecule has 1 aromatic carbocycles. The summed E-state index contributed by atoms with van der Waals surface area (Å²) in [5.41, 5.74) is 6.25. The molecule has 0 amide bonds. The highest BCUT2D eigenvalue weighted by Gasteiger charge is 2.39. The zero-order valence-electron chi connectivity index (χ0n) is 12.5. The molecular formula is C19H18N2O. The molecule has 0 radical (unpaired) electrons. The fourth-order valence-corrected chi connectivity index (χ4v) is 3.92. The van der Waals surface area contributed by atoms with Gasteiger partial charge in [0.05, 0.1) is 0 Å². The van der Waals surface area contributed by atoms with Crippen molar-refractivity contribution in [3.63, 3.8) is 0 Å². The maximum absolute atomic E-state index is 6.13. The molecule has 0 N–H and O–H groups in total. The average molecular weight is 290 g/mol. The molecule has 0 saturated carbocycles. The number of aromatic nitrogens is 1. The van der Waals surface area contributed by atoms with Gasteiger partial charge in [-0.2, -0.15) is 0 Å². The predicted octanol–water partition coefficient (Wildman–Crippen LogP) is 3.40. The summed E-state index contributed by atoms with van der Waals surface area (Å²) in [6, 6.07) is 13.0. The van der Waals surface area contributed by atoms with Crippen LogP contribution in [0.1, 0.15) is 47.0 Å². The van der Waals surface area contributed by atoms with E-state index < -0.39 is 0 Å². The number of pyridine rings is 1. The minimum atomic E-state index is 0.157. The Kier molecular flexibility index (Phi) is 2.63. The second kappa shape index (κ2) is 4.67. The van der Waals surface area contributed by atoms with Crippen LogP contribution in [-0.4, -0.2) is 17.0 Å². The maximum atomic E-state index is 6.13. The van der Waals surface area contributed by atoms with Crippen LogP contribution in [0.5, 0.6) is 0 Å². The van der Waals surface area contributed by atoms with E-state index in [9.17, 15) is 0 Å². The fourth-order valence-electron chi connectivity index (χ4n) is 3.92. The lowest BCUT2D eigenvalue weighted by atomic mass is 9.96. The molecule has 2 unspecified atom stereocenters. The molecule has 1 aliphatic heterocycles. The molecule has 22 heavy (non-hydrogen) atoms. The summed E-state index contributed by atoms with van der Waals surface area (Å²) in [6.45, 7) is 0. The molecule has 3 nitrogen and oxygen atoms in total. The van der Waals surface area contributed by atoms with Crippen LogP contribution in [0, 0.1) is 0 Å². The summed E-state index contributed by atoms with van der Waals surface area (Å²) in [6.07, 6.45) is 5.90. The average Bonchev–Trinajstić information content (AvgIpc) is 3.12. The Hall–Kier alpha value is -2.16. The van der Waals surface area contributed by atoms with E-state index in [0.717, 1.165) is 30.9 Å². The highest BCUT2D eigenvalue weighted by atomic mass is 16.5. The lowest BCUT2D eigenvalue weighted by Crippen LogP contribution is -2.15. The normalized spacial score (nSPS) is 25.0. The summed E-state index contributed by atoms with van der Waals surface area (Å²) in [4.78, 5) is 9.67. The number of rotatable bonds is 1. The molecule has 0 saturated heterocycles. The van der Waals surface area contributed by atoms with E-state index in [2.05, 4.69) is 36.4 Å². The number of benzene rings is 1. The van der Waals surface area contributed by atoms with Crippen LogP contribution in [0.4, 0.5) is 0 Å². The maximum Gasteiger partial charge on any atom is 0.236 e. The summed E-state index contributed by atoms with van der Waals surface area (Å²) in [5.74, 6) is 0.734. The zero-order valence-corrected chi connectivity index (χ0v) is 12.5. The topological polar surface area (TPSA) is 34.5 Å². The number of nitrogens with zero attached hydrogens (tertiary/aromatic N) is 2. The Balaban J connectivity index is 1.51. The first-order valence-electron chi connectivity index (χ1n) is 8.20. The summed E-state index contributed by atoms with van der Waals surface area (Å²) >= 11 is 0. The molecule has 0 bridgehead atoms. The van der Waals surface area contributed by atoms with Crippen molar-refractivity contribution in [1.82, 2.24) is 4.98 Å². The molecule has 3 heteroatoms. The number of aryl methyl sites for hydroxylation is 2. The van der Waals surface area contributed by atoms with E-state index in [1.807, 2.05) is 0 Å². The Morgan fingerprint density at radius 3 is 2.86 bits per heavy atom. The quantitative estimate of drug-likeness (QED) is 0.806. The molecule has 2 aromatic rings. The van der Waals surface area contributed by atoms with Gasteiger partial charge in [-0.15, -0.1) is 0 Å². The molecule has 0 spiro atoms. The van der Waals surface area contributed by atoms with Gasteiger partial charge < -0.3 is 4.74 Å². The van der Waals surface area contributed by atoms with Crippen LogP contribution in [0.2, 0.25) is 0 Å². The molecule has 2 aliphatic carbocycles. The van der Waals surface area contributed by atoms with Crippen LogP contribution in [-0.2, 0) is 24.0 Å². The second-order valence-corrected chi connectivity index (χ2v) is 6.45. The first-order chi connectivity index (χ1) is 10.9. The monoisotopic (exact) mass is 290 g/mol. The minimum absolute atomic E-state index is 0.157. The summed E-state index contributed by atoms with van der Waals surface area (Å²) in [5, 5.41) is 0. The van der Waals surface area contributed by atoms with Gasteiger partial charge >= 0.3 is 0 Å². The third-order valence-electron chi connectivity index (χ3n) is 5.06. The smallest absolute Gasteiger partial charge is 0.236 e. The largest absolute Gasteiger partial charge is 0.470 e. The van der Waals surface area contributed by atoms with Crippen LogP contribution < -0.4 is 0 Å². The Labute approximate surface area is 130 Å². The van der Waals surface area contributed by atoms with Crippen molar-refractivity contribution in [2.75, 3.05) is 0 Å². The lowest BCUT2D eigenvalue weighted by Gasteiger charge is -2.15. The number of hydrogen-bond acceptors (Lipinski definition) is 3. The Bertz CT molecular complexity index is 781. The van der Waals surface area contributed by atoms with Crippen LogP contribution in [0.3, 0.4) is 0 Å². The molecule has 0 fully saturated rings. The predicted molar refractivity (Wildman–Crippen MR) is 85.2 cm³/mol. The van der Waals surface area contributed by atoms with Gasteiger partial charge in [0.1, 0.15) is 17.8 Å². The van der Waals surface area contributed by atoms with Gasteiger partial charge in [-0.25, -0.2) is 9.98 Å². The van der Waals surface area contributed by atoms with Crippen molar-refractivity contribution in [2.45, 2.75) is 44.2 Å². The van der Waals surface area contributed by atoms with Crippen molar-refractivity contribution >= 4 is 5.90 Å². The van der Waals surface area contributed by atoms with Crippen molar-refractivity contribution in [3.05, 3.63) is 64.5 Å². The number of ether oxygens (including phenoxy) is 1. The Morgan fingerprint density at radius 1 is 0.955 bits per heavy atom. The van der Waals surface area contributed by atoms with Gasteiger partial charge in [0.15, 0.2) is 0 Å². The molecule has 110 valence electrons. The molecular weight excluding hydrogens is 272 g/mol. The van der Waals surface area contributed by atoms with E-state index in [1.165, 1.54) is 35.2 Å².